The maximum atomic E-state index is 13.4. The van der Waals surface area contributed by atoms with E-state index in [9.17, 15) is 8.42 Å². The van der Waals surface area contributed by atoms with E-state index in [1.54, 1.807) is 12.3 Å². The highest BCUT2D eigenvalue weighted by Crippen LogP contribution is 2.41. The first-order valence-corrected chi connectivity index (χ1v) is 10.7. The molecule has 27 heavy (non-hydrogen) atoms. The van der Waals surface area contributed by atoms with E-state index >= 15 is 0 Å². The molecule has 0 bridgehead atoms. The summed E-state index contributed by atoms with van der Waals surface area (Å²) in [4.78, 5) is 4.67. The molecule has 1 aromatic heterocycles. The molecule has 1 aliphatic carbocycles. The summed E-state index contributed by atoms with van der Waals surface area (Å²) in [6.45, 7) is 2.30. The first-order chi connectivity index (χ1) is 13.0. The Morgan fingerprint density at radius 2 is 1.96 bits per heavy atom. The highest BCUT2D eigenvalue weighted by molar-refractivity contribution is 7.93. The molecule has 0 spiro atoms. The number of hydrogen-bond donors (Lipinski definition) is 0. The van der Waals surface area contributed by atoms with Gasteiger partial charge in [0, 0.05) is 18.0 Å². The monoisotopic (exact) mass is 380 g/mol. The Morgan fingerprint density at radius 1 is 1.15 bits per heavy atom. The van der Waals surface area contributed by atoms with Gasteiger partial charge in [0.1, 0.15) is 0 Å². The highest BCUT2D eigenvalue weighted by atomic mass is 32.2. The van der Waals surface area contributed by atoms with Crippen LogP contribution in [0.4, 0.5) is 5.69 Å². The summed E-state index contributed by atoms with van der Waals surface area (Å²) in [6, 6.07) is 13.1. The molecule has 2 aliphatic rings. The number of rotatable bonds is 4. The minimum Gasteiger partial charge on any atom is -0.440 e. The summed E-state index contributed by atoms with van der Waals surface area (Å²) in [5, 5.41) is 0. The van der Waals surface area contributed by atoms with Crippen LogP contribution in [0.3, 0.4) is 0 Å². The molecule has 1 saturated carbocycles. The predicted molar refractivity (Wildman–Crippen MR) is 103 cm³/mol. The van der Waals surface area contributed by atoms with Crippen LogP contribution < -0.4 is 4.31 Å². The third-order valence-electron chi connectivity index (χ3n) is 5.34. The first kappa shape index (κ1) is 16.6. The molecular weight excluding hydrogens is 360 g/mol. The van der Waals surface area contributed by atoms with E-state index in [1.807, 2.05) is 43.3 Å². The zero-order valence-electron chi connectivity index (χ0n) is 15.1. The van der Waals surface area contributed by atoms with E-state index in [-0.39, 0.29) is 0 Å². The van der Waals surface area contributed by atoms with E-state index < -0.39 is 10.0 Å². The smallest absolute Gasteiger partial charge is 0.264 e. The van der Waals surface area contributed by atoms with Crippen molar-refractivity contribution >= 4 is 15.7 Å². The minimum atomic E-state index is -3.64. The van der Waals surface area contributed by atoms with Gasteiger partial charge in [0.15, 0.2) is 11.7 Å². The second-order valence-electron chi connectivity index (χ2n) is 7.27. The second kappa shape index (κ2) is 5.96. The minimum absolute atomic E-state index is 0.320. The lowest BCUT2D eigenvalue weighted by Gasteiger charge is -2.21. The summed E-state index contributed by atoms with van der Waals surface area (Å²) in [7, 11) is -3.64. The van der Waals surface area contributed by atoms with Crippen LogP contribution in [0.15, 0.2) is 58.0 Å². The Morgan fingerprint density at radius 3 is 2.78 bits per heavy atom. The molecule has 6 heteroatoms. The van der Waals surface area contributed by atoms with Gasteiger partial charge in [-0.3, -0.25) is 4.31 Å². The van der Waals surface area contributed by atoms with Crippen LogP contribution in [0.2, 0.25) is 0 Å². The number of nitrogens with zero attached hydrogens (tertiary/aromatic N) is 2. The van der Waals surface area contributed by atoms with E-state index in [0.717, 1.165) is 47.5 Å². The Kier molecular flexibility index (Phi) is 3.65. The molecule has 1 fully saturated rings. The van der Waals surface area contributed by atoms with Crippen molar-refractivity contribution in [1.29, 1.82) is 0 Å². The molecule has 3 aromatic rings. The molecule has 0 saturated heterocycles. The number of aromatic nitrogens is 1. The van der Waals surface area contributed by atoms with E-state index in [1.165, 1.54) is 4.31 Å². The SMILES string of the molecule is Cc1ccc(-c2cnc(C3CC3)o2)cc1S(=O)(=O)N1CCc2ccccc21. The van der Waals surface area contributed by atoms with Crippen LogP contribution in [-0.4, -0.2) is 19.9 Å². The number of hydrogen-bond acceptors (Lipinski definition) is 4. The summed E-state index contributed by atoms with van der Waals surface area (Å²) in [5.41, 5.74) is 3.31. The molecular formula is C21H20N2O3S. The van der Waals surface area contributed by atoms with Gasteiger partial charge in [0.25, 0.3) is 10.0 Å². The highest BCUT2D eigenvalue weighted by Gasteiger charge is 2.32. The molecule has 5 rings (SSSR count). The van der Waals surface area contributed by atoms with Gasteiger partial charge in [-0.05, 0) is 49.4 Å². The lowest BCUT2D eigenvalue weighted by atomic mass is 10.1. The zero-order valence-corrected chi connectivity index (χ0v) is 15.9. The molecule has 0 radical (unpaired) electrons. The van der Waals surface area contributed by atoms with Gasteiger partial charge in [-0.15, -0.1) is 0 Å². The zero-order chi connectivity index (χ0) is 18.6. The normalized spacial score (nSPS) is 16.6. The van der Waals surface area contributed by atoms with Crippen molar-refractivity contribution < 1.29 is 12.8 Å². The van der Waals surface area contributed by atoms with Crippen molar-refractivity contribution in [1.82, 2.24) is 4.98 Å². The van der Waals surface area contributed by atoms with Gasteiger partial charge in [-0.2, -0.15) is 0 Å². The third kappa shape index (κ3) is 2.75. The van der Waals surface area contributed by atoms with E-state index in [2.05, 4.69) is 4.98 Å². The fourth-order valence-corrected chi connectivity index (χ4v) is 5.40. The second-order valence-corrected chi connectivity index (χ2v) is 9.10. The lowest BCUT2D eigenvalue weighted by Crippen LogP contribution is -2.29. The standard InChI is InChI=1S/C21H20N2O3S/c1-14-6-7-17(19-13-22-21(26-19)16-8-9-16)12-20(14)27(24,25)23-11-10-15-4-2-3-5-18(15)23/h2-7,12-13,16H,8-11H2,1H3. The van der Waals surface area contributed by atoms with Crippen molar-refractivity contribution in [2.24, 2.45) is 0 Å². The Bertz CT molecular complexity index is 1130. The van der Waals surface area contributed by atoms with Gasteiger partial charge in [-0.25, -0.2) is 13.4 Å². The van der Waals surface area contributed by atoms with Gasteiger partial charge < -0.3 is 4.42 Å². The fourth-order valence-electron chi connectivity index (χ4n) is 3.65. The summed E-state index contributed by atoms with van der Waals surface area (Å²) >= 11 is 0. The Balaban J connectivity index is 1.56. The molecule has 0 unspecified atom stereocenters. The van der Waals surface area contributed by atoms with Gasteiger partial charge >= 0.3 is 0 Å². The maximum Gasteiger partial charge on any atom is 0.264 e. The number of oxazole rings is 1. The average molecular weight is 380 g/mol. The van der Waals surface area contributed by atoms with Crippen molar-refractivity contribution in [3.05, 3.63) is 65.7 Å². The number of aryl methyl sites for hydroxylation is 1. The van der Waals surface area contributed by atoms with Gasteiger partial charge in [0.2, 0.25) is 0 Å². The molecule has 5 nitrogen and oxygen atoms in total. The number of para-hydroxylation sites is 1. The van der Waals surface area contributed by atoms with Gasteiger partial charge in [0.05, 0.1) is 16.8 Å². The summed E-state index contributed by atoms with van der Waals surface area (Å²) in [5.74, 6) is 1.80. The fraction of sp³-hybridized carbons (Fsp3) is 0.286. The number of sulfonamides is 1. The van der Waals surface area contributed by atoms with Crippen molar-refractivity contribution in [2.75, 3.05) is 10.8 Å². The predicted octanol–water partition coefficient (Wildman–Crippen LogP) is 4.28. The maximum absolute atomic E-state index is 13.4. The molecule has 0 N–H and O–H groups in total. The Hall–Kier alpha value is -2.60. The van der Waals surface area contributed by atoms with E-state index in [0.29, 0.717) is 23.1 Å². The van der Waals surface area contributed by atoms with Crippen molar-refractivity contribution in [3.8, 4) is 11.3 Å². The number of anilines is 1. The first-order valence-electron chi connectivity index (χ1n) is 9.21. The van der Waals surface area contributed by atoms with E-state index in [4.69, 9.17) is 4.42 Å². The summed E-state index contributed by atoms with van der Waals surface area (Å²) in [6.07, 6.45) is 4.66. The third-order valence-corrected chi connectivity index (χ3v) is 7.29. The average Bonchev–Trinajstić information content (AvgIpc) is 3.23. The van der Waals surface area contributed by atoms with Gasteiger partial charge in [-0.1, -0.05) is 30.3 Å². The molecule has 0 amide bonds. The van der Waals surface area contributed by atoms with Crippen LogP contribution in [-0.2, 0) is 16.4 Å². The topological polar surface area (TPSA) is 63.4 Å². The molecule has 0 atom stereocenters. The molecule has 2 heterocycles. The quantitative estimate of drug-likeness (QED) is 0.678. The van der Waals surface area contributed by atoms with Crippen LogP contribution in [0.5, 0.6) is 0 Å². The van der Waals surface area contributed by atoms with Crippen LogP contribution in [0.25, 0.3) is 11.3 Å². The summed E-state index contributed by atoms with van der Waals surface area (Å²) < 4.78 is 34.2. The van der Waals surface area contributed by atoms with Crippen LogP contribution in [0, 0.1) is 6.92 Å². The van der Waals surface area contributed by atoms with Crippen LogP contribution in [0.1, 0.15) is 35.8 Å². The largest absolute Gasteiger partial charge is 0.440 e. The van der Waals surface area contributed by atoms with Crippen LogP contribution >= 0.6 is 0 Å². The lowest BCUT2D eigenvalue weighted by molar-refractivity contribution is 0.509. The number of benzene rings is 2. The molecule has 2 aromatic carbocycles. The molecule has 138 valence electrons. The van der Waals surface area contributed by atoms with Crippen molar-refractivity contribution in [2.45, 2.75) is 37.0 Å². The Labute approximate surface area is 158 Å². The van der Waals surface area contributed by atoms with Crippen molar-refractivity contribution in [3.63, 3.8) is 0 Å². The number of fused-ring (bicyclic) bond motifs is 1. The molecule has 1 aliphatic heterocycles.